The first kappa shape index (κ1) is 14.4. The Labute approximate surface area is 103 Å². The Morgan fingerprint density at radius 1 is 1.24 bits per heavy atom. The van der Waals surface area contributed by atoms with Gasteiger partial charge in [-0.25, -0.2) is 0 Å². The lowest BCUT2D eigenvalue weighted by atomic mass is 10.2. The van der Waals surface area contributed by atoms with Gasteiger partial charge in [0.2, 0.25) is 0 Å². The highest BCUT2D eigenvalue weighted by molar-refractivity contribution is 5.71. The largest absolute Gasteiger partial charge is 0.468 e. The highest BCUT2D eigenvalue weighted by Gasteiger charge is 2.26. The van der Waals surface area contributed by atoms with Crippen LogP contribution in [0.25, 0.3) is 0 Å². The van der Waals surface area contributed by atoms with Gasteiger partial charge in [-0.05, 0) is 12.8 Å². The van der Waals surface area contributed by atoms with Gasteiger partial charge in [-0.2, -0.15) is 0 Å². The molecule has 0 aliphatic heterocycles. The molecule has 0 radical (unpaired) electrons. The number of hydrogen-bond acceptors (Lipinski definition) is 5. The van der Waals surface area contributed by atoms with E-state index in [9.17, 15) is 4.79 Å². The van der Waals surface area contributed by atoms with Gasteiger partial charge in [0.05, 0.1) is 20.2 Å². The fraction of sp³-hybridized carbons (Fsp3) is 0.917. The summed E-state index contributed by atoms with van der Waals surface area (Å²) in [7, 11) is 4.64. The minimum absolute atomic E-state index is 0.206. The molecule has 1 rings (SSSR count). The zero-order valence-electron chi connectivity index (χ0n) is 11.0. The molecule has 1 fully saturated rings. The summed E-state index contributed by atoms with van der Waals surface area (Å²) >= 11 is 0. The first-order chi connectivity index (χ1) is 8.21. The third-order valence-electron chi connectivity index (χ3n) is 3.31. The summed E-state index contributed by atoms with van der Waals surface area (Å²) in [5, 5.41) is 0. The quantitative estimate of drug-likeness (QED) is 0.495. The first-order valence-electron chi connectivity index (χ1n) is 6.07. The summed E-state index contributed by atoms with van der Waals surface area (Å²) in [5.41, 5.74) is 0. The summed E-state index contributed by atoms with van der Waals surface area (Å²) in [6.07, 6.45) is 4.44. The van der Waals surface area contributed by atoms with Gasteiger partial charge in [0.1, 0.15) is 0 Å². The van der Waals surface area contributed by atoms with E-state index in [1.165, 1.54) is 20.0 Å². The Morgan fingerprint density at radius 2 is 1.82 bits per heavy atom. The molecule has 5 nitrogen and oxygen atoms in total. The minimum Gasteiger partial charge on any atom is -0.468 e. The molecule has 5 heteroatoms. The van der Waals surface area contributed by atoms with Gasteiger partial charge >= 0.3 is 5.97 Å². The van der Waals surface area contributed by atoms with E-state index in [1.807, 2.05) is 0 Å². The fourth-order valence-corrected chi connectivity index (χ4v) is 2.28. The molecular formula is C12H23NO4. The van der Waals surface area contributed by atoms with E-state index in [4.69, 9.17) is 14.2 Å². The van der Waals surface area contributed by atoms with Gasteiger partial charge in [-0.15, -0.1) is 0 Å². The summed E-state index contributed by atoms with van der Waals surface area (Å²) in [5.74, 6) is -0.206. The standard InChI is InChI=1S/C12H23NO4/c1-15-11(14)8-13(9-12(16-2)17-3)10-6-4-5-7-10/h10,12H,4-9H2,1-3H3. The van der Waals surface area contributed by atoms with Crippen LogP contribution in [0, 0.1) is 0 Å². The number of carbonyl (C=O) groups excluding carboxylic acids is 1. The van der Waals surface area contributed by atoms with Gasteiger partial charge in [0.25, 0.3) is 0 Å². The molecule has 0 spiro atoms. The van der Waals surface area contributed by atoms with Crippen molar-refractivity contribution in [3.63, 3.8) is 0 Å². The van der Waals surface area contributed by atoms with Crippen molar-refractivity contribution in [2.45, 2.75) is 38.0 Å². The smallest absolute Gasteiger partial charge is 0.319 e. The Morgan fingerprint density at radius 3 is 2.29 bits per heavy atom. The lowest BCUT2D eigenvalue weighted by Gasteiger charge is -2.30. The van der Waals surface area contributed by atoms with E-state index in [2.05, 4.69) is 4.90 Å². The molecule has 0 amide bonds. The summed E-state index contributed by atoms with van der Waals surface area (Å²) in [6, 6.07) is 0.446. The maximum absolute atomic E-state index is 11.4. The predicted molar refractivity (Wildman–Crippen MR) is 63.7 cm³/mol. The van der Waals surface area contributed by atoms with Gasteiger partial charge < -0.3 is 14.2 Å². The number of methoxy groups -OCH3 is 3. The average Bonchev–Trinajstić information content (AvgIpc) is 2.87. The van der Waals surface area contributed by atoms with Crippen molar-refractivity contribution in [1.82, 2.24) is 4.90 Å². The maximum Gasteiger partial charge on any atom is 0.319 e. The van der Waals surface area contributed by atoms with E-state index in [-0.39, 0.29) is 12.3 Å². The third-order valence-corrected chi connectivity index (χ3v) is 3.31. The number of carbonyl (C=O) groups is 1. The molecule has 0 aromatic rings. The first-order valence-corrected chi connectivity index (χ1v) is 6.07. The number of hydrogen-bond donors (Lipinski definition) is 0. The second-order valence-electron chi connectivity index (χ2n) is 4.34. The van der Waals surface area contributed by atoms with Crippen LogP contribution in [0.1, 0.15) is 25.7 Å². The van der Waals surface area contributed by atoms with Gasteiger partial charge in [-0.3, -0.25) is 9.69 Å². The number of nitrogens with zero attached hydrogens (tertiary/aromatic N) is 1. The number of esters is 1. The third kappa shape index (κ3) is 4.61. The SMILES string of the molecule is COC(=O)CN(CC(OC)OC)C1CCCC1. The van der Waals surface area contributed by atoms with Crippen LogP contribution in [0.3, 0.4) is 0 Å². The second kappa shape index (κ2) is 7.63. The van der Waals surface area contributed by atoms with Crippen molar-refractivity contribution >= 4 is 5.97 Å². The molecule has 0 heterocycles. The Kier molecular flexibility index (Phi) is 6.47. The van der Waals surface area contributed by atoms with Crippen LogP contribution in [-0.2, 0) is 19.0 Å². The highest BCUT2D eigenvalue weighted by Crippen LogP contribution is 2.23. The monoisotopic (exact) mass is 245 g/mol. The van der Waals surface area contributed by atoms with Crippen molar-refractivity contribution in [2.75, 3.05) is 34.4 Å². The topological polar surface area (TPSA) is 48.0 Å². The molecule has 0 bridgehead atoms. The molecular weight excluding hydrogens is 222 g/mol. The van der Waals surface area contributed by atoms with E-state index >= 15 is 0 Å². The van der Waals surface area contributed by atoms with Crippen LogP contribution < -0.4 is 0 Å². The number of ether oxygens (including phenoxy) is 3. The van der Waals surface area contributed by atoms with Crippen LogP contribution in [0.5, 0.6) is 0 Å². The lowest BCUT2D eigenvalue weighted by molar-refractivity contribution is -0.147. The molecule has 1 aliphatic rings. The number of rotatable bonds is 7. The Hall–Kier alpha value is -0.650. The van der Waals surface area contributed by atoms with Crippen LogP contribution in [0.15, 0.2) is 0 Å². The van der Waals surface area contributed by atoms with Crippen LogP contribution in [0.2, 0.25) is 0 Å². The molecule has 0 saturated heterocycles. The average molecular weight is 245 g/mol. The molecule has 17 heavy (non-hydrogen) atoms. The highest BCUT2D eigenvalue weighted by atomic mass is 16.7. The van der Waals surface area contributed by atoms with Gasteiger partial charge in [-0.1, -0.05) is 12.8 Å². The van der Waals surface area contributed by atoms with Crippen molar-refractivity contribution in [2.24, 2.45) is 0 Å². The Bertz CT molecular complexity index is 225. The van der Waals surface area contributed by atoms with Crippen molar-refractivity contribution in [3.8, 4) is 0 Å². The minimum atomic E-state index is -0.291. The molecule has 0 atom stereocenters. The zero-order valence-corrected chi connectivity index (χ0v) is 11.0. The predicted octanol–water partition coefficient (Wildman–Crippen LogP) is 1.02. The normalized spacial score (nSPS) is 17.0. The van der Waals surface area contributed by atoms with E-state index in [1.54, 1.807) is 14.2 Å². The molecule has 100 valence electrons. The summed E-state index contributed by atoms with van der Waals surface area (Å²) in [4.78, 5) is 13.5. The van der Waals surface area contributed by atoms with Crippen molar-refractivity contribution in [1.29, 1.82) is 0 Å². The molecule has 0 aromatic carbocycles. The van der Waals surface area contributed by atoms with E-state index in [0.717, 1.165) is 12.8 Å². The maximum atomic E-state index is 11.4. The summed E-state index contributed by atoms with van der Waals surface area (Å²) < 4.78 is 15.1. The van der Waals surface area contributed by atoms with E-state index in [0.29, 0.717) is 19.1 Å². The molecule has 0 aromatic heterocycles. The molecule has 1 saturated carbocycles. The molecule has 1 aliphatic carbocycles. The van der Waals surface area contributed by atoms with Crippen LogP contribution in [-0.4, -0.2) is 57.6 Å². The second-order valence-corrected chi connectivity index (χ2v) is 4.34. The van der Waals surface area contributed by atoms with E-state index < -0.39 is 0 Å². The zero-order chi connectivity index (χ0) is 12.7. The van der Waals surface area contributed by atoms with Crippen molar-refractivity contribution in [3.05, 3.63) is 0 Å². The molecule has 0 N–H and O–H groups in total. The lowest BCUT2D eigenvalue weighted by Crippen LogP contribution is -2.43. The van der Waals surface area contributed by atoms with Gasteiger partial charge in [0, 0.05) is 20.3 Å². The fourth-order valence-electron chi connectivity index (χ4n) is 2.28. The van der Waals surface area contributed by atoms with Gasteiger partial charge in [0.15, 0.2) is 6.29 Å². The van der Waals surface area contributed by atoms with Crippen LogP contribution in [0.4, 0.5) is 0 Å². The van der Waals surface area contributed by atoms with Crippen LogP contribution >= 0.6 is 0 Å². The van der Waals surface area contributed by atoms with Crippen molar-refractivity contribution < 1.29 is 19.0 Å². The summed E-state index contributed by atoms with van der Waals surface area (Å²) in [6.45, 7) is 0.914. The molecule has 0 unspecified atom stereocenters. The Balaban J connectivity index is 2.53.